The molecule has 0 radical (unpaired) electrons. The molecule has 0 aromatic heterocycles. The Bertz CT molecular complexity index is 1640. The normalized spacial score (nSPS) is 39.3. The number of allylic oxidation sites excluding steroid dienone is 1. The van der Waals surface area contributed by atoms with Gasteiger partial charge in [0, 0.05) is 6.92 Å². The van der Waals surface area contributed by atoms with Crippen LogP contribution in [0.3, 0.4) is 0 Å². The van der Waals surface area contributed by atoms with Gasteiger partial charge in [0.05, 0.1) is 57.4 Å². The quantitative estimate of drug-likeness (QED) is 0.143. The summed E-state index contributed by atoms with van der Waals surface area (Å²) in [6.07, 6.45) is -0.526. The molecule has 3 saturated carbocycles. The Morgan fingerprint density at radius 1 is 0.966 bits per heavy atom. The van der Waals surface area contributed by atoms with Crippen LogP contribution < -0.4 is 14.2 Å². The number of ether oxygens (including phenoxy) is 7. The highest BCUT2D eigenvalue weighted by Gasteiger charge is 2.66. The molecule has 13 nitrogen and oxygen atoms in total. The van der Waals surface area contributed by atoms with E-state index in [1.165, 1.54) is 46.0 Å². The van der Waals surface area contributed by atoms with Crippen LogP contribution in [0.1, 0.15) is 110 Å². The number of esters is 2. The third kappa shape index (κ3) is 8.25. The minimum atomic E-state index is -1.39. The van der Waals surface area contributed by atoms with E-state index < -0.39 is 66.4 Å². The fraction of sp³-hybridized carbons (Fsp3) is 0.778. The van der Waals surface area contributed by atoms with Crippen LogP contribution in [-0.4, -0.2) is 109 Å². The Morgan fingerprint density at radius 2 is 1.64 bits per heavy atom. The van der Waals surface area contributed by atoms with Crippen LogP contribution in [-0.2, 0) is 23.7 Å². The number of rotatable bonds is 13. The maximum Gasteiger partial charge on any atom is 0.338 e. The van der Waals surface area contributed by atoms with Crippen molar-refractivity contribution in [2.45, 2.75) is 155 Å². The van der Waals surface area contributed by atoms with E-state index in [4.69, 9.17) is 33.2 Å². The summed E-state index contributed by atoms with van der Waals surface area (Å²) in [6, 6.07) is 2.87. The number of carbonyl (C=O) groups excluding carboxylic acids is 2. The zero-order valence-electron chi connectivity index (χ0n) is 36.0. The standard InChI is InChI=1S/C45H68O13/c1-22(2)11-14-31(48)23(3)36-33(20-30-29-13-12-27-19-28(47)15-16-44(27,6)37(29)32(49)21-45(30,36)7)57-43-41(56-25(5)46)40(38(50)24(4)55-43)58-42(51)26-17-34(52-8)39(54-10)35(18-26)53-9/h12,17-18,22-24,28-33,36-38,40-41,43,47-50H,11,13-16,19-21H2,1-10H3. The molecule has 1 aliphatic heterocycles. The van der Waals surface area contributed by atoms with Gasteiger partial charge in [0.2, 0.25) is 5.75 Å². The monoisotopic (exact) mass is 816 g/mol. The predicted octanol–water partition coefficient (Wildman–Crippen LogP) is 5.61. The van der Waals surface area contributed by atoms with E-state index in [0.717, 1.165) is 19.3 Å². The lowest BCUT2D eigenvalue weighted by Gasteiger charge is -2.60. The maximum atomic E-state index is 13.9. The van der Waals surface area contributed by atoms with Crippen LogP contribution in [0, 0.1) is 46.3 Å². The lowest BCUT2D eigenvalue weighted by atomic mass is 9.46. The van der Waals surface area contributed by atoms with Crippen molar-refractivity contribution in [2.24, 2.45) is 46.3 Å². The van der Waals surface area contributed by atoms with Crippen LogP contribution in [0.5, 0.6) is 17.2 Å². The second-order valence-electron chi connectivity index (χ2n) is 18.7. The van der Waals surface area contributed by atoms with Crippen molar-refractivity contribution in [2.75, 3.05) is 21.3 Å². The molecule has 1 heterocycles. The molecule has 16 atom stereocenters. The first-order valence-electron chi connectivity index (χ1n) is 21.3. The topological polar surface area (TPSA) is 180 Å². The van der Waals surface area contributed by atoms with E-state index in [9.17, 15) is 30.0 Å². The summed E-state index contributed by atoms with van der Waals surface area (Å²) in [6.45, 7) is 13.7. The molecular formula is C45H68O13. The molecule has 326 valence electrons. The number of fused-ring (bicyclic) bond motifs is 5. The zero-order valence-corrected chi connectivity index (χ0v) is 36.0. The van der Waals surface area contributed by atoms with Gasteiger partial charge in [-0.25, -0.2) is 4.79 Å². The first-order chi connectivity index (χ1) is 27.4. The van der Waals surface area contributed by atoms with Gasteiger partial charge in [-0.1, -0.05) is 46.3 Å². The summed E-state index contributed by atoms with van der Waals surface area (Å²) >= 11 is 0. The van der Waals surface area contributed by atoms with E-state index in [1.54, 1.807) is 6.92 Å². The van der Waals surface area contributed by atoms with Crippen LogP contribution >= 0.6 is 0 Å². The molecule has 0 spiro atoms. The number of hydrogen-bond donors (Lipinski definition) is 4. The summed E-state index contributed by atoms with van der Waals surface area (Å²) in [7, 11) is 4.30. The van der Waals surface area contributed by atoms with Crippen molar-refractivity contribution in [3.8, 4) is 17.2 Å². The molecule has 16 unspecified atom stereocenters. The molecule has 1 aromatic rings. The molecule has 4 fully saturated rings. The van der Waals surface area contributed by atoms with Gasteiger partial charge in [0.25, 0.3) is 0 Å². The number of hydrogen-bond acceptors (Lipinski definition) is 13. The fourth-order valence-corrected chi connectivity index (χ4v) is 12.0. The molecule has 5 aliphatic rings. The van der Waals surface area contributed by atoms with Gasteiger partial charge < -0.3 is 53.6 Å². The number of benzene rings is 1. The minimum Gasteiger partial charge on any atom is -0.493 e. The Labute approximate surface area is 343 Å². The molecular weight excluding hydrogens is 748 g/mol. The van der Waals surface area contributed by atoms with Crippen molar-refractivity contribution >= 4 is 11.9 Å². The summed E-state index contributed by atoms with van der Waals surface area (Å²) in [5.74, 6) is -0.569. The fourth-order valence-electron chi connectivity index (χ4n) is 12.0. The molecule has 4 aliphatic carbocycles. The van der Waals surface area contributed by atoms with E-state index in [1.807, 2.05) is 0 Å². The van der Waals surface area contributed by atoms with E-state index >= 15 is 0 Å². The van der Waals surface area contributed by atoms with Crippen molar-refractivity contribution < 1.29 is 63.2 Å². The highest BCUT2D eigenvalue weighted by Crippen LogP contribution is 2.68. The summed E-state index contributed by atoms with van der Waals surface area (Å²) in [5, 5.41) is 46.1. The first kappa shape index (κ1) is 44.6. The molecule has 1 aromatic carbocycles. The average molecular weight is 817 g/mol. The predicted molar refractivity (Wildman–Crippen MR) is 213 cm³/mol. The van der Waals surface area contributed by atoms with Crippen LogP contribution in [0.25, 0.3) is 0 Å². The molecule has 0 bridgehead atoms. The Hall–Kier alpha value is -2.94. The summed E-state index contributed by atoms with van der Waals surface area (Å²) < 4.78 is 41.5. The van der Waals surface area contributed by atoms with Crippen LogP contribution in [0.15, 0.2) is 23.8 Å². The Kier molecular flexibility index (Phi) is 13.5. The smallest absolute Gasteiger partial charge is 0.338 e. The van der Waals surface area contributed by atoms with E-state index in [2.05, 4.69) is 40.7 Å². The van der Waals surface area contributed by atoms with Gasteiger partial charge in [0.1, 0.15) is 6.10 Å². The number of methoxy groups -OCH3 is 3. The Balaban J connectivity index is 1.34. The largest absolute Gasteiger partial charge is 0.493 e. The van der Waals surface area contributed by atoms with Gasteiger partial charge in [-0.15, -0.1) is 0 Å². The molecule has 1 saturated heterocycles. The van der Waals surface area contributed by atoms with Crippen molar-refractivity contribution in [3.63, 3.8) is 0 Å². The highest BCUT2D eigenvalue weighted by molar-refractivity contribution is 5.91. The lowest BCUT2D eigenvalue weighted by Crippen LogP contribution is -2.61. The van der Waals surface area contributed by atoms with Gasteiger partial charge in [-0.05, 0) is 117 Å². The van der Waals surface area contributed by atoms with Crippen LogP contribution in [0.4, 0.5) is 0 Å². The lowest BCUT2D eigenvalue weighted by molar-refractivity contribution is -0.311. The Morgan fingerprint density at radius 3 is 2.24 bits per heavy atom. The maximum absolute atomic E-state index is 13.9. The molecule has 6 rings (SSSR count). The SMILES string of the molecule is COc1cc(C(=O)OC2C(O)C(C)OC(OC3CC4C5CC=C6CC(O)CCC6(C)C5C(O)CC4(C)C3C(C)C(O)CCC(C)C)C2OC(C)=O)cc(OC)c1OC. The van der Waals surface area contributed by atoms with E-state index in [0.29, 0.717) is 38.0 Å². The first-order valence-corrected chi connectivity index (χ1v) is 21.3. The van der Waals surface area contributed by atoms with Crippen molar-refractivity contribution in [1.29, 1.82) is 0 Å². The van der Waals surface area contributed by atoms with Gasteiger partial charge in [-0.2, -0.15) is 0 Å². The second kappa shape index (κ2) is 17.6. The zero-order chi connectivity index (χ0) is 42.4. The number of aliphatic hydroxyl groups is 4. The van der Waals surface area contributed by atoms with Crippen LogP contribution in [0.2, 0.25) is 0 Å². The number of carbonyl (C=O) groups is 2. The van der Waals surface area contributed by atoms with E-state index in [-0.39, 0.29) is 63.9 Å². The third-order valence-electron chi connectivity index (χ3n) is 14.8. The molecule has 13 heteroatoms. The summed E-state index contributed by atoms with van der Waals surface area (Å²) in [4.78, 5) is 26.6. The van der Waals surface area contributed by atoms with Crippen molar-refractivity contribution in [1.82, 2.24) is 0 Å². The second-order valence-corrected chi connectivity index (χ2v) is 18.7. The third-order valence-corrected chi connectivity index (χ3v) is 14.8. The minimum absolute atomic E-state index is 0.00698. The molecule has 4 N–H and O–H groups in total. The average Bonchev–Trinajstić information content (AvgIpc) is 3.46. The highest BCUT2D eigenvalue weighted by atomic mass is 16.7. The number of aliphatic hydroxyl groups excluding tert-OH is 4. The van der Waals surface area contributed by atoms with Crippen molar-refractivity contribution in [3.05, 3.63) is 29.3 Å². The van der Waals surface area contributed by atoms with Gasteiger partial charge in [-0.3, -0.25) is 4.79 Å². The molecule has 58 heavy (non-hydrogen) atoms. The van der Waals surface area contributed by atoms with Gasteiger partial charge >= 0.3 is 11.9 Å². The molecule has 0 amide bonds. The van der Waals surface area contributed by atoms with Gasteiger partial charge in [0.15, 0.2) is 30.0 Å². The summed E-state index contributed by atoms with van der Waals surface area (Å²) in [5.41, 5.74) is 0.632.